The van der Waals surface area contributed by atoms with Gasteiger partial charge in [0.25, 0.3) is 0 Å². The monoisotopic (exact) mass is 287 g/mol. The average Bonchev–Trinajstić information content (AvgIpc) is 3.14. The third-order valence-corrected chi connectivity index (χ3v) is 3.94. The topological polar surface area (TPSA) is 58.6 Å². The van der Waals surface area contributed by atoms with E-state index in [1.807, 2.05) is 11.8 Å². The number of nitrogens with two attached hydrogens (primary N) is 1. The van der Waals surface area contributed by atoms with Gasteiger partial charge in [-0.25, -0.2) is 0 Å². The molecule has 0 aliphatic carbocycles. The predicted octanol–water partition coefficient (Wildman–Crippen LogP) is 0.942. The molecule has 2 aliphatic heterocycles. The third-order valence-electron chi connectivity index (χ3n) is 3.85. The molecule has 0 spiro atoms. The predicted molar refractivity (Wildman–Crippen MR) is 74.4 cm³/mol. The van der Waals surface area contributed by atoms with Gasteiger partial charge in [0.15, 0.2) is 0 Å². The van der Waals surface area contributed by atoms with Gasteiger partial charge in [0.2, 0.25) is 5.91 Å². The summed E-state index contributed by atoms with van der Waals surface area (Å²) in [7, 11) is 0. The summed E-state index contributed by atoms with van der Waals surface area (Å²) >= 11 is 5.66. The Balaban J connectivity index is 1.72. The molecule has 6 heteroatoms. The number of hydrogen-bond acceptors (Lipinski definition) is 4. The van der Waals surface area contributed by atoms with E-state index in [1.165, 1.54) is 0 Å². The minimum atomic E-state index is 0.109. The summed E-state index contributed by atoms with van der Waals surface area (Å²) in [4.78, 5) is 15.9. The summed E-state index contributed by atoms with van der Waals surface area (Å²) in [5.74, 6) is 0.751. The zero-order valence-electron chi connectivity index (χ0n) is 11.3. The molecule has 2 saturated heterocycles. The summed E-state index contributed by atoms with van der Waals surface area (Å²) in [6.07, 6.45) is 3.91. The lowest BCUT2D eigenvalue weighted by atomic mass is 9.93. The normalized spacial score (nSPS) is 24.7. The Kier molecular flexibility index (Phi) is 4.93. The quantitative estimate of drug-likeness (QED) is 0.604. The number of ether oxygens (including phenoxy) is 1. The van der Waals surface area contributed by atoms with Gasteiger partial charge in [-0.3, -0.25) is 4.79 Å². The van der Waals surface area contributed by atoms with E-state index < -0.39 is 0 Å². The second kappa shape index (κ2) is 6.48. The molecule has 0 aromatic rings. The number of likely N-dealkylation sites (tertiary alicyclic amines) is 1. The lowest BCUT2D eigenvalue weighted by Gasteiger charge is -2.32. The van der Waals surface area contributed by atoms with Crippen LogP contribution in [0.3, 0.4) is 0 Å². The SMILES string of the molecule is CCOCC(=O)N1CCC(C2CN2/C=C(\N)Cl)CC1. The number of halogens is 1. The van der Waals surface area contributed by atoms with Crippen molar-refractivity contribution >= 4 is 17.5 Å². The van der Waals surface area contributed by atoms with Crippen LogP contribution in [-0.2, 0) is 9.53 Å². The van der Waals surface area contributed by atoms with Crippen LogP contribution in [0.2, 0.25) is 0 Å². The van der Waals surface area contributed by atoms with Crippen LogP contribution in [-0.4, -0.2) is 54.6 Å². The Labute approximate surface area is 119 Å². The molecule has 2 fully saturated rings. The largest absolute Gasteiger partial charge is 0.388 e. The van der Waals surface area contributed by atoms with Crippen molar-refractivity contribution in [2.45, 2.75) is 25.8 Å². The maximum absolute atomic E-state index is 11.8. The first-order valence-corrected chi connectivity index (χ1v) is 7.23. The van der Waals surface area contributed by atoms with Crippen molar-refractivity contribution in [3.8, 4) is 0 Å². The second-order valence-electron chi connectivity index (χ2n) is 5.13. The number of amides is 1. The van der Waals surface area contributed by atoms with E-state index in [0.29, 0.717) is 23.7 Å². The van der Waals surface area contributed by atoms with Crippen molar-refractivity contribution in [1.82, 2.24) is 9.80 Å². The molecule has 0 saturated carbocycles. The fourth-order valence-corrected chi connectivity index (χ4v) is 2.84. The highest BCUT2D eigenvalue weighted by Crippen LogP contribution is 2.33. The summed E-state index contributed by atoms with van der Waals surface area (Å²) in [6, 6.07) is 0.557. The van der Waals surface area contributed by atoms with Crippen LogP contribution in [0.1, 0.15) is 19.8 Å². The number of carbonyl (C=O) groups is 1. The number of rotatable bonds is 5. The molecule has 2 aliphatic rings. The molecular formula is C13H22ClN3O2. The van der Waals surface area contributed by atoms with Crippen LogP contribution in [0.25, 0.3) is 0 Å². The van der Waals surface area contributed by atoms with Crippen molar-refractivity contribution in [2.75, 3.05) is 32.8 Å². The molecule has 2 N–H and O–H groups in total. The lowest BCUT2D eigenvalue weighted by Crippen LogP contribution is -2.41. The molecule has 0 aromatic heterocycles. The Bertz CT molecular complexity index is 350. The van der Waals surface area contributed by atoms with Crippen LogP contribution >= 0.6 is 11.6 Å². The highest BCUT2D eigenvalue weighted by atomic mass is 35.5. The third kappa shape index (κ3) is 4.01. The zero-order valence-corrected chi connectivity index (χ0v) is 12.1. The van der Waals surface area contributed by atoms with Crippen LogP contribution in [0.15, 0.2) is 11.4 Å². The first-order valence-electron chi connectivity index (χ1n) is 6.86. The van der Waals surface area contributed by atoms with E-state index in [4.69, 9.17) is 22.1 Å². The molecule has 19 heavy (non-hydrogen) atoms. The minimum absolute atomic E-state index is 0.109. The first kappa shape index (κ1) is 14.5. The van der Waals surface area contributed by atoms with Crippen LogP contribution in [0.5, 0.6) is 0 Å². The summed E-state index contributed by atoms with van der Waals surface area (Å²) in [5.41, 5.74) is 5.45. The van der Waals surface area contributed by atoms with Crippen molar-refractivity contribution in [3.05, 3.63) is 11.4 Å². The number of carbonyl (C=O) groups excluding carboxylic acids is 1. The molecule has 1 amide bonds. The first-order chi connectivity index (χ1) is 9.11. The van der Waals surface area contributed by atoms with Gasteiger partial charge in [-0.05, 0) is 25.7 Å². The smallest absolute Gasteiger partial charge is 0.248 e. The molecule has 0 bridgehead atoms. The van der Waals surface area contributed by atoms with E-state index in [9.17, 15) is 4.79 Å². The Morgan fingerprint density at radius 1 is 1.47 bits per heavy atom. The maximum atomic E-state index is 11.8. The number of hydrogen-bond donors (Lipinski definition) is 1. The molecule has 108 valence electrons. The van der Waals surface area contributed by atoms with Crippen LogP contribution in [0, 0.1) is 5.92 Å². The highest BCUT2D eigenvalue weighted by molar-refractivity contribution is 6.28. The molecule has 1 unspecified atom stereocenters. The minimum Gasteiger partial charge on any atom is -0.388 e. The van der Waals surface area contributed by atoms with Crippen molar-refractivity contribution in [2.24, 2.45) is 11.7 Å². The van der Waals surface area contributed by atoms with Gasteiger partial charge in [-0.1, -0.05) is 11.6 Å². The van der Waals surface area contributed by atoms with E-state index >= 15 is 0 Å². The second-order valence-corrected chi connectivity index (χ2v) is 5.57. The van der Waals surface area contributed by atoms with Gasteiger partial charge in [-0.2, -0.15) is 0 Å². The molecule has 1 atom stereocenters. The molecular weight excluding hydrogens is 266 g/mol. The van der Waals surface area contributed by atoms with Crippen molar-refractivity contribution in [3.63, 3.8) is 0 Å². The Hall–Kier alpha value is -0.940. The van der Waals surface area contributed by atoms with Gasteiger partial charge in [0.05, 0.1) is 0 Å². The Morgan fingerprint density at radius 3 is 2.74 bits per heavy atom. The summed E-state index contributed by atoms with van der Waals surface area (Å²) < 4.78 is 5.16. The fourth-order valence-electron chi connectivity index (χ4n) is 2.71. The fraction of sp³-hybridized carbons (Fsp3) is 0.769. The van der Waals surface area contributed by atoms with Gasteiger partial charge >= 0.3 is 0 Å². The summed E-state index contributed by atoms with van der Waals surface area (Å²) in [6.45, 7) is 5.40. The molecule has 0 radical (unpaired) electrons. The van der Waals surface area contributed by atoms with Gasteiger partial charge < -0.3 is 20.3 Å². The van der Waals surface area contributed by atoms with E-state index in [-0.39, 0.29) is 12.5 Å². The number of nitrogens with zero attached hydrogens (tertiary/aromatic N) is 2. The zero-order chi connectivity index (χ0) is 13.8. The molecule has 2 rings (SSSR count). The molecule has 2 heterocycles. The van der Waals surface area contributed by atoms with Crippen LogP contribution in [0.4, 0.5) is 0 Å². The highest BCUT2D eigenvalue weighted by Gasteiger charge is 2.40. The Morgan fingerprint density at radius 2 is 2.16 bits per heavy atom. The summed E-state index contributed by atoms with van der Waals surface area (Å²) in [5, 5.41) is 0.340. The van der Waals surface area contributed by atoms with E-state index in [2.05, 4.69) is 4.90 Å². The average molecular weight is 288 g/mol. The van der Waals surface area contributed by atoms with Gasteiger partial charge in [0, 0.05) is 38.5 Å². The van der Waals surface area contributed by atoms with E-state index in [1.54, 1.807) is 6.20 Å². The standard InChI is InChI=1S/C13H22ClN3O2/c1-2-19-9-13(18)16-5-3-10(4-6-16)11-7-17(11)8-12(14)15/h8,10-11H,2-7,9,15H2,1H3/b12-8-. The lowest BCUT2D eigenvalue weighted by molar-refractivity contribution is -0.137. The molecule has 5 nitrogen and oxygen atoms in total. The van der Waals surface area contributed by atoms with Crippen molar-refractivity contribution in [1.29, 1.82) is 0 Å². The van der Waals surface area contributed by atoms with E-state index in [0.717, 1.165) is 32.5 Å². The maximum Gasteiger partial charge on any atom is 0.248 e. The van der Waals surface area contributed by atoms with Crippen molar-refractivity contribution < 1.29 is 9.53 Å². The molecule has 0 aromatic carbocycles. The van der Waals surface area contributed by atoms with Crippen LogP contribution < -0.4 is 5.73 Å². The number of piperidine rings is 1. The van der Waals surface area contributed by atoms with Gasteiger partial charge in [0.1, 0.15) is 11.8 Å². The van der Waals surface area contributed by atoms with Gasteiger partial charge in [-0.15, -0.1) is 0 Å².